The number of fused-ring (bicyclic) bond motifs is 1. The topological polar surface area (TPSA) is 111 Å². The summed E-state index contributed by atoms with van der Waals surface area (Å²) >= 11 is 0. The monoisotopic (exact) mass is 407 g/mol. The van der Waals surface area contributed by atoms with Gasteiger partial charge in [-0.05, 0) is 30.5 Å². The summed E-state index contributed by atoms with van der Waals surface area (Å²) in [6, 6.07) is 13.0. The van der Waals surface area contributed by atoms with Crippen LogP contribution in [-0.2, 0) is 14.3 Å². The molecule has 0 amide bonds. The molecule has 30 heavy (non-hydrogen) atoms. The maximum Gasteiger partial charge on any atom is 0.316 e. The SMILES string of the molecule is COC(=O)[C@@H]1C(=O)C2=C(C[C@H]1C)Nc1ccccc1N[C@@H]2c1ccccc1[N+](=O)[O-]. The number of nitro benzene ring substituents is 1. The number of allylic oxidation sites excluding steroid dienone is 1. The molecule has 2 N–H and O–H groups in total. The number of nitrogens with one attached hydrogen (secondary N) is 2. The number of nitrogens with zero attached hydrogens (tertiary/aromatic N) is 1. The normalized spacial score (nSPS) is 22.7. The summed E-state index contributed by atoms with van der Waals surface area (Å²) in [4.78, 5) is 37.1. The van der Waals surface area contributed by atoms with E-state index in [0.717, 1.165) is 5.69 Å². The first-order valence-corrected chi connectivity index (χ1v) is 9.63. The lowest BCUT2D eigenvalue weighted by Crippen LogP contribution is -2.39. The second-order valence-corrected chi connectivity index (χ2v) is 7.50. The van der Waals surface area contributed by atoms with Crippen molar-refractivity contribution < 1.29 is 19.2 Å². The number of benzene rings is 2. The Hall–Kier alpha value is -3.68. The zero-order valence-corrected chi connectivity index (χ0v) is 16.5. The first-order chi connectivity index (χ1) is 14.4. The Bertz CT molecular complexity index is 1080. The van der Waals surface area contributed by atoms with Crippen LogP contribution in [0.1, 0.15) is 24.9 Å². The summed E-state index contributed by atoms with van der Waals surface area (Å²) < 4.78 is 4.87. The minimum absolute atomic E-state index is 0.0951. The lowest BCUT2D eigenvalue weighted by molar-refractivity contribution is -0.385. The van der Waals surface area contributed by atoms with Gasteiger partial charge in [0.2, 0.25) is 0 Å². The van der Waals surface area contributed by atoms with Crippen LogP contribution >= 0.6 is 0 Å². The number of esters is 1. The van der Waals surface area contributed by atoms with E-state index in [2.05, 4.69) is 10.6 Å². The molecule has 1 aliphatic heterocycles. The molecule has 1 heterocycles. The molecule has 2 aromatic carbocycles. The van der Waals surface area contributed by atoms with Crippen molar-refractivity contribution in [1.82, 2.24) is 0 Å². The van der Waals surface area contributed by atoms with Gasteiger partial charge in [-0.2, -0.15) is 0 Å². The number of methoxy groups -OCH3 is 1. The maximum absolute atomic E-state index is 13.5. The summed E-state index contributed by atoms with van der Waals surface area (Å²) in [6.07, 6.45) is 0.438. The Morgan fingerprint density at radius 2 is 1.80 bits per heavy atom. The summed E-state index contributed by atoms with van der Waals surface area (Å²) in [5.74, 6) is -2.20. The number of hydrogen-bond donors (Lipinski definition) is 2. The van der Waals surface area contributed by atoms with E-state index >= 15 is 0 Å². The number of Topliss-reactive ketones (excluding diaryl/α,β-unsaturated/α-hetero) is 1. The summed E-state index contributed by atoms with van der Waals surface area (Å²) in [7, 11) is 1.26. The van der Waals surface area contributed by atoms with Crippen LogP contribution in [0.25, 0.3) is 0 Å². The number of rotatable bonds is 3. The first-order valence-electron chi connectivity index (χ1n) is 9.63. The lowest BCUT2D eigenvalue weighted by atomic mass is 9.74. The van der Waals surface area contributed by atoms with E-state index in [4.69, 9.17) is 4.74 Å². The molecule has 0 bridgehead atoms. The molecule has 0 aromatic heterocycles. The molecule has 0 radical (unpaired) electrons. The molecule has 2 aromatic rings. The Morgan fingerprint density at radius 1 is 1.13 bits per heavy atom. The van der Waals surface area contributed by atoms with E-state index in [9.17, 15) is 19.7 Å². The molecule has 0 spiro atoms. The molecule has 8 heteroatoms. The average Bonchev–Trinajstić information content (AvgIpc) is 2.90. The van der Waals surface area contributed by atoms with Gasteiger partial charge in [0.15, 0.2) is 5.78 Å². The number of anilines is 2. The van der Waals surface area contributed by atoms with Gasteiger partial charge in [-0.15, -0.1) is 0 Å². The average molecular weight is 407 g/mol. The number of ether oxygens (including phenoxy) is 1. The standard InChI is InChI=1S/C22H21N3O5/c1-12-11-16-19(21(26)18(12)22(27)30-2)20(13-7-3-6-10-17(13)25(28)29)24-15-9-5-4-8-14(15)23-16/h3-10,12,18,20,23-24H,11H2,1-2H3/t12-,18+,20-/m1/s1. The van der Waals surface area contributed by atoms with Crippen molar-refractivity contribution in [1.29, 1.82) is 0 Å². The largest absolute Gasteiger partial charge is 0.468 e. The van der Waals surface area contributed by atoms with Crippen molar-refractivity contribution in [3.8, 4) is 0 Å². The third kappa shape index (κ3) is 3.20. The highest BCUT2D eigenvalue weighted by Gasteiger charge is 2.45. The van der Waals surface area contributed by atoms with E-state index in [1.807, 2.05) is 31.2 Å². The molecule has 0 saturated carbocycles. The van der Waals surface area contributed by atoms with Gasteiger partial charge in [0.25, 0.3) is 5.69 Å². The van der Waals surface area contributed by atoms with Gasteiger partial charge in [0.1, 0.15) is 5.92 Å². The number of hydrogen-bond acceptors (Lipinski definition) is 7. The van der Waals surface area contributed by atoms with Crippen LogP contribution in [-0.4, -0.2) is 23.8 Å². The van der Waals surface area contributed by atoms with E-state index in [0.29, 0.717) is 28.9 Å². The summed E-state index contributed by atoms with van der Waals surface area (Å²) in [5.41, 5.74) is 2.73. The number of carbonyl (C=O) groups is 2. The van der Waals surface area contributed by atoms with Crippen LogP contribution in [0, 0.1) is 22.0 Å². The fourth-order valence-electron chi connectivity index (χ4n) is 4.26. The molecule has 3 atom stereocenters. The van der Waals surface area contributed by atoms with Crippen LogP contribution in [0.4, 0.5) is 17.1 Å². The van der Waals surface area contributed by atoms with Crippen LogP contribution in [0.3, 0.4) is 0 Å². The van der Waals surface area contributed by atoms with Crippen molar-refractivity contribution >= 4 is 28.8 Å². The zero-order valence-electron chi connectivity index (χ0n) is 16.5. The Labute approximate surface area is 173 Å². The fraction of sp³-hybridized carbons (Fsp3) is 0.273. The molecule has 4 rings (SSSR count). The molecular formula is C22H21N3O5. The van der Waals surface area contributed by atoms with Crippen LogP contribution < -0.4 is 10.6 Å². The van der Waals surface area contributed by atoms with Crippen molar-refractivity contribution in [3.63, 3.8) is 0 Å². The Kier molecular flexibility index (Phi) is 4.99. The number of carbonyl (C=O) groups excluding carboxylic acids is 2. The second-order valence-electron chi connectivity index (χ2n) is 7.50. The highest BCUT2D eigenvalue weighted by molar-refractivity contribution is 6.11. The highest BCUT2D eigenvalue weighted by Crippen LogP contribution is 2.45. The summed E-state index contributed by atoms with van der Waals surface area (Å²) in [6.45, 7) is 1.83. The number of nitro groups is 1. The molecule has 154 valence electrons. The van der Waals surface area contributed by atoms with E-state index in [1.165, 1.54) is 13.2 Å². The molecule has 0 fully saturated rings. The van der Waals surface area contributed by atoms with E-state index in [-0.39, 0.29) is 17.4 Å². The minimum Gasteiger partial charge on any atom is -0.468 e. The van der Waals surface area contributed by atoms with Crippen molar-refractivity contribution in [3.05, 3.63) is 75.5 Å². The quantitative estimate of drug-likeness (QED) is 0.344. The van der Waals surface area contributed by atoms with Gasteiger partial charge in [0, 0.05) is 17.3 Å². The first kappa shape index (κ1) is 19.6. The molecule has 8 nitrogen and oxygen atoms in total. The van der Waals surface area contributed by atoms with Crippen LogP contribution in [0.15, 0.2) is 59.8 Å². The number of ketones is 1. The number of para-hydroxylation sites is 3. The predicted molar refractivity (Wildman–Crippen MR) is 111 cm³/mol. The van der Waals surface area contributed by atoms with E-state index < -0.39 is 22.9 Å². The molecular weight excluding hydrogens is 386 g/mol. The maximum atomic E-state index is 13.5. The van der Waals surface area contributed by atoms with Gasteiger partial charge in [-0.25, -0.2) is 0 Å². The Morgan fingerprint density at radius 3 is 2.50 bits per heavy atom. The van der Waals surface area contributed by atoms with Gasteiger partial charge in [0.05, 0.1) is 35.0 Å². The van der Waals surface area contributed by atoms with Crippen molar-refractivity contribution in [2.45, 2.75) is 19.4 Å². The second kappa shape index (κ2) is 7.62. The smallest absolute Gasteiger partial charge is 0.316 e. The molecule has 0 unspecified atom stereocenters. The predicted octanol–water partition coefficient (Wildman–Crippen LogP) is 3.83. The fourth-order valence-corrected chi connectivity index (χ4v) is 4.26. The summed E-state index contributed by atoms with van der Waals surface area (Å²) in [5, 5.41) is 18.3. The molecule has 2 aliphatic rings. The van der Waals surface area contributed by atoms with Gasteiger partial charge in [-0.1, -0.05) is 31.2 Å². The minimum atomic E-state index is -0.955. The third-order valence-electron chi connectivity index (χ3n) is 5.67. The third-order valence-corrected chi connectivity index (χ3v) is 5.67. The Balaban J connectivity index is 1.93. The van der Waals surface area contributed by atoms with Crippen molar-refractivity contribution in [2.24, 2.45) is 11.8 Å². The van der Waals surface area contributed by atoms with Gasteiger partial charge in [-0.3, -0.25) is 19.7 Å². The molecule has 0 saturated heterocycles. The van der Waals surface area contributed by atoms with Crippen LogP contribution in [0.2, 0.25) is 0 Å². The van der Waals surface area contributed by atoms with E-state index in [1.54, 1.807) is 18.2 Å². The zero-order chi connectivity index (χ0) is 21.4. The van der Waals surface area contributed by atoms with Crippen LogP contribution in [0.5, 0.6) is 0 Å². The van der Waals surface area contributed by atoms with Gasteiger partial charge >= 0.3 is 5.97 Å². The lowest BCUT2D eigenvalue weighted by Gasteiger charge is -2.32. The molecule has 1 aliphatic carbocycles. The highest BCUT2D eigenvalue weighted by atomic mass is 16.6. The van der Waals surface area contributed by atoms with Gasteiger partial charge < -0.3 is 15.4 Å². The van der Waals surface area contributed by atoms with Crippen molar-refractivity contribution in [2.75, 3.05) is 17.7 Å².